The molecule has 2 aromatic heterocycles. The molecular weight excluding hydrogens is 486 g/mol. The second kappa shape index (κ2) is 11.3. The van der Waals surface area contributed by atoms with Gasteiger partial charge in [0.2, 0.25) is 5.91 Å². The summed E-state index contributed by atoms with van der Waals surface area (Å²) < 4.78 is 1.92. The lowest BCUT2D eigenvalue weighted by Crippen LogP contribution is -2.36. The molecule has 0 saturated carbocycles. The van der Waals surface area contributed by atoms with Gasteiger partial charge in [-0.1, -0.05) is 44.2 Å². The average Bonchev–Trinajstić information content (AvgIpc) is 3.38. The molecule has 0 spiro atoms. The molecular formula is C32H37N5O2. The molecule has 4 aromatic rings. The van der Waals surface area contributed by atoms with E-state index in [-0.39, 0.29) is 17.6 Å². The summed E-state index contributed by atoms with van der Waals surface area (Å²) in [4.78, 5) is 22.8. The van der Waals surface area contributed by atoms with Crippen LogP contribution in [0.25, 0.3) is 0 Å². The Morgan fingerprint density at radius 1 is 1.08 bits per heavy atom. The number of hydrogen-bond donors (Lipinski definition) is 1. The Labute approximate surface area is 230 Å². The lowest BCUT2D eigenvalue weighted by Gasteiger charge is -2.31. The molecule has 0 aliphatic heterocycles. The van der Waals surface area contributed by atoms with E-state index in [1.54, 1.807) is 12.3 Å². The SMILES string of the molecule is CC(C)c1ccc(N(Cc2cnn(Cc3ccccc3N(C)C)c2)C(=O)C2CCCc3c(O)cccc32)cn1. The zero-order valence-electron chi connectivity index (χ0n) is 23.2. The molecule has 1 N–H and O–H groups in total. The van der Waals surface area contributed by atoms with E-state index in [0.29, 0.717) is 19.0 Å². The maximum Gasteiger partial charge on any atom is 0.234 e. The maximum atomic E-state index is 14.2. The van der Waals surface area contributed by atoms with Gasteiger partial charge in [-0.15, -0.1) is 0 Å². The first-order valence-electron chi connectivity index (χ1n) is 13.7. The van der Waals surface area contributed by atoms with Gasteiger partial charge in [-0.05, 0) is 66.1 Å². The molecule has 39 heavy (non-hydrogen) atoms. The van der Waals surface area contributed by atoms with Crippen molar-refractivity contribution in [3.8, 4) is 5.75 Å². The van der Waals surface area contributed by atoms with Gasteiger partial charge < -0.3 is 14.9 Å². The third kappa shape index (κ3) is 5.67. The first-order valence-corrected chi connectivity index (χ1v) is 13.7. The number of amides is 1. The van der Waals surface area contributed by atoms with Crippen molar-refractivity contribution < 1.29 is 9.90 Å². The number of fused-ring (bicyclic) bond motifs is 1. The number of pyridine rings is 1. The summed E-state index contributed by atoms with van der Waals surface area (Å²) >= 11 is 0. The molecule has 0 bridgehead atoms. The molecule has 2 aromatic carbocycles. The van der Waals surface area contributed by atoms with E-state index in [1.807, 2.05) is 72.5 Å². The largest absolute Gasteiger partial charge is 0.508 e. The predicted molar refractivity (Wildman–Crippen MR) is 155 cm³/mol. The van der Waals surface area contributed by atoms with E-state index in [2.05, 4.69) is 41.0 Å². The van der Waals surface area contributed by atoms with Gasteiger partial charge in [0.05, 0.1) is 37.1 Å². The van der Waals surface area contributed by atoms with E-state index in [9.17, 15) is 9.90 Å². The lowest BCUT2D eigenvalue weighted by atomic mass is 9.81. The molecule has 1 amide bonds. The first kappa shape index (κ1) is 26.5. The summed E-state index contributed by atoms with van der Waals surface area (Å²) in [6, 6.07) is 17.8. The summed E-state index contributed by atoms with van der Waals surface area (Å²) in [5.41, 5.74) is 6.86. The van der Waals surface area contributed by atoms with E-state index >= 15 is 0 Å². The second-order valence-electron chi connectivity index (χ2n) is 10.9. The smallest absolute Gasteiger partial charge is 0.234 e. The van der Waals surface area contributed by atoms with Crippen LogP contribution in [0.3, 0.4) is 0 Å². The summed E-state index contributed by atoms with van der Waals surface area (Å²) in [7, 11) is 4.08. The Bertz CT molecular complexity index is 1440. The zero-order valence-corrected chi connectivity index (χ0v) is 23.2. The monoisotopic (exact) mass is 523 g/mol. The van der Waals surface area contributed by atoms with E-state index < -0.39 is 0 Å². The standard InChI is InChI=1S/C32H37N5O2/c1-22(2)29-16-15-25(18-33-29)37(32(39)28-12-7-11-27-26(28)10-8-14-31(27)38)20-23-17-34-36(19-23)21-24-9-5-6-13-30(24)35(3)4/h5-6,8-10,13-19,22,28,38H,7,11-12,20-21H2,1-4H3. The Morgan fingerprint density at radius 2 is 1.90 bits per heavy atom. The maximum absolute atomic E-state index is 14.2. The number of anilines is 2. The highest BCUT2D eigenvalue weighted by molar-refractivity contribution is 5.98. The molecule has 1 atom stereocenters. The molecule has 202 valence electrons. The van der Waals surface area contributed by atoms with Crippen LogP contribution in [0.15, 0.2) is 73.2 Å². The van der Waals surface area contributed by atoms with Crippen LogP contribution in [0, 0.1) is 0 Å². The van der Waals surface area contributed by atoms with Crippen LogP contribution < -0.4 is 9.80 Å². The molecule has 1 aliphatic rings. The number of para-hydroxylation sites is 1. The van der Waals surface area contributed by atoms with Crippen molar-refractivity contribution in [3.63, 3.8) is 0 Å². The molecule has 5 rings (SSSR count). The minimum absolute atomic E-state index is 0.0198. The molecule has 0 fully saturated rings. The van der Waals surface area contributed by atoms with E-state index in [0.717, 1.165) is 53.0 Å². The minimum Gasteiger partial charge on any atom is -0.508 e. The minimum atomic E-state index is -0.312. The van der Waals surface area contributed by atoms with E-state index in [4.69, 9.17) is 0 Å². The Balaban J connectivity index is 1.45. The number of carbonyl (C=O) groups is 1. The third-order valence-electron chi connectivity index (χ3n) is 7.55. The van der Waals surface area contributed by atoms with Crippen molar-refractivity contribution in [2.24, 2.45) is 0 Å². The summed E-state index contributed by atoms with van der Waals surface area (Å²) in [5.74, 6) is 0.289. The molecule has 2 heterocycles. The van der Waals surface area contributed by atoms with Gasteiger partial charge in [0.25, 0.3) is 0 Å². The van der Waals surface area contributed by atoms with Crippen LogP contribution in [-0.4, -0.2) is 39.9 Å². The molecule has 0 radical (unpaired) electrons. The van der Waals surface area contributed by atoms with Crippen molar-refractivity contribution in [1.29, 1.82) is 0 Å². The summed E-state index contributed by atoms with van der Waals surface area (Å²) in [6.45, 7) is 5.25. The number of phenols is 1. The fourth-order valence-electron chi connectivity index (χ4n) is 5.48. The number of phenolic OH excluding ortho intramolecular Hbond substituents is 1. The molecule has 7 nitrogen and oxygen atoms in total. The average molecular weight is 524 g/mol. The number of carbonyl (C=O) groups excluding carboxylic acids is 1. The normalized spacial score (nSPS) is 14.7. The van der Waals surface area contributed by atoms with Crippen LogP contribution in [-0.2, 0) is 24.3 Å². The Kier molecular flexibility index (Phi) is 7.68. The molecule has 7 heteroatoms. The topological polar surface area (TPSA) is 74.5 Å². The van der Waals surface area contributed by atoms with E-state index in [1.165, 1.54) is 5.56 Å². The zero-order chi connectivity index (χ0) is 27.5. The molecule has 0 saturated heterocycles. The van der Waals surface area contributed by atoms with Crippen molar-refractivity contribution >= 4 is 17.3 Å². The van der Waals surface area contributed by atoms with Gasteiger partial charge in [-0.2, -0.15) is 5.10 Å². The van der Waals surface area contributed by atoms with Crippen LogP contribution in [0.4, 0.5) is 11.4 Å². The van der Waals surface area contributed by atoms with Crippen LogP contribution in [0.5, 0.6) is 5.75 Å². The van der Waals surface area contributed by atoms with Crippen molar-refractivity contribution in [3.05, 3.63) is 101 Å². The van der Waals surface area contributed by atoms with Gasteiger partial charge >= 0.3 is 0 Å². The van der Waals surface area contributed by atoms with Gasteiger partial charge in [0.1, 0.15) is 5.75 Å². The number of aromatic hydroxyl groups is 1. The highest BCUT2D eigenvalue weighted by atomic mass is 16.3. The second-order valence-corrected chi connectivity index (χ2v) is 10.9. The quantitative estimate of drug-likeness (QED) is 0.312. The highest BCUT2D eigenvalue weighted by Gasteiger charge is 2.32. The number of nitrogens with zero attached hydrogens (tertiary/aromatic N) is 5. The van der Waals surface area contributed by atoms with Gasteiger partial charge in [0, 0.05) is 37.2 Å². The number of aromatic nitrogens is 3. The van der Waals surface area contributed by atoms with Crippen molar-refractivity contribution in [2.45, 2.75) is 58.0 Å². The van der Waals surface area contributed by atoms with Crippen molar-refractivity contribution in [2.75, 3.05) is 23.9 Å². The number of hydrogen-bond acceptors (Lipinski definition) is 5. The first-order chi connectivity index (χ1) is 18.8. The van der Waals surface area contributed by atoms with Crippen LogP contribution >= 0.6 is 0 Å². The van der Waals surface area contributed by atoms with Crippen LogP contribution in [0.1, 0.15) is 66.5 Å². The number of rotatable bonds is 8. The highest BCUT2D eigenvalue weighted by Crippen LogP contribution is 2.38. The fourth-order valence-corrected chi connectivity index (χ4v) is 5.48. The fraction of sp³-hybridized carbons (Fsp3) is 0.344. The predicted octanol–water partition coefficient (Wildman–Crippen LogP) is 5.87. The van der Waals surface area contributed by atoms with Crippen molar-refractivity contribution in [1.82, 2.24) is 14.8 Å². The Hall–Kier alpha value is -4.13. The van der Waals surface area contributed by atoms with Gasteiger partial charge in [0.15, 0.2) is 0 Å². The third-order valence-corrected chi connectivity index (χ3v) is 7.55. The summed E-state index contributed by atoms with van der Waals surface area (Å²) in [6.07, 6.45) is 8.07. The summed E-state index contributed by atoms with van der Waals surface area (Å²) in [5, 5.41) is 15.1. The molecule has 1 unspecified atom stereocenters. The lowest BCUT2D eigenvalue weighted by molar-refractivity contribution is -0.120. The van der Waals surface area contributed by atoms with Crippen LogP contribution in [0.2, 0.25) is 0 Å². The van der Waals surface area contributed by atoms with Gasteiger partial charge in [-0.25, -0.2) is 0 Å². The van der Waals surface area contributed by atoms with Gasteiger partial charge in [-0.3, -0.25) is 14.5 Å². The number of benzene rings is 2. The Morgan fingerprint density at radius 3 is 2.64 bits per heavy atom. The molecule has 1 aliphatic carbocycles.